The van der Waals surface area contributed by atoms with Gasteiger partial charge in [-0.25, -0.2) is 14.4 Å². The maximum atomic E-state index is 11.7. The number of aromatic amines is 1. The van der Waals surface area contributed by atoms with E-state index in [-0.39, 0.29) is 18.0 Å². The number of ether oxygens (including phenoxy) is 1. The molecule has 4 N–H and O–H groups in total. The van der Waals surface area contributed by atoms with Crippen LogP contribution in [0.15, 0.2) is 6.07 Å². The molecule has 0 aliphatic heterocycles. The second-order valence-corrected chi connectivity index (χ2v) is 4.12. The molecule has 1 atom stereocenters. The number of aromatic carboxylic acids is 1. The monoisotopic (exact) mass is 283 g/mol. The number of carboxylic acids is 1. The van der Waals surface area contributed by atoms with E-state index in [1.54, 1.807) is 13.8 Å². The van der Waals surface area contributed by atoms with Crippen LogP contribution in [-0.4, -0.2) is 40.7 Å². The fraction of sp³-hybridized carbons (Fsp3) is 0.417. The second kappa shape index (κ2) is 6.60. The van der Waals surface area contributed by atoms with Crippen LogP contribution in [0.4, 0.5) is 10.5 Å². The van der Waals surface area contributed by atoms with Crippen LogP contribution >= 0.6 is 0 Å². The van der Waals surface area contributed by atoms with E-state index in [1.807, 2.05) is 0 Å². The lowest BCUT2D eigenvalue weighted by Crippen LogP contribution is -2.42. The molecule has 0 aliphatic rings. The highest BCUT2D eigenvalue weighted by molar-refractivity contribution is 5.99. The highest BCUT2D eigenvalue weighted by Crippen LogP contribution is 2.16. The summed E-state index contributed by atoms with van der Waals surface area (Å²) in [6.45, 7) is 5.01. The standard InChI is InChI=1S/C12H17N3O5/c1-4-20-11(18)7(3)14-12(19)15-8-5-6(2)13-9(8)10(16)17/h5,7,13H,4H2,1-3H3,(H,16,17)(H2,14,15,19). The molecule has 1 aromatic rings. The molecule has 0 bridgehead atoms. The van der Waals surface area contributed by atoms with E-state index < -0.39 is 24.0 Å². The lowest BCUT2D eigenvalue weighted by Gasteiger charge is -2.13. The van der Waals surface area contributed by atoms with E-state index in [0.29, 0.717) is 5.69 Å². The van der Waals surface area contributed by atoms with Crippen LogP contribution in [0.5, 0.6) is 0 Å². The fourth-order valence-electron chi connectivity index (χ4n) is 1.54. The molecule has 1 rings (SSSR count). The lowest BCUT2D eigenvalue weighted by molar-refractivity contribution is -0.144. The number of urea groups is 1. The zero-order valence-electron chi connectivity index (χ0n) is 11.4. The Kier molecular flexibility index (Phi) is 5.13. The van der Waals surface area contributed by atoms with Crippen molar-refractivity contribution in [3.05, 3.63) is 17.5 Å². The molecule has 0 radical (unpaired) electrons. The average Bonchev–Trinajstić information content (AvgIpc) is 2.70. The van der Waals surface area contributed by atoms with E-state index in [1.165, 1.54) is 13.0 Å². The first kappa shape index (κ1) is 15.5. The number of carbonyl (C=O) groups excluding carboxylic acids is 2. The van der Waals surface area contributed by atoms with Gasteiger partial charge in [-0.05, 0) is 26.8 Å². The van der Waals surface area contributed by atoms with E-state index in [0.717, 1.165) is 0 Å². The van der Waals surface area contributed by atoms with Crippen molar-refractivity contribution < 1.29 is 24.2 Å². The summed E-state index contributed by atoms with van der Waals surface area (Å²) in [5.74, 6) is -1.75. The first-order valence-corrected chi connectivity index (χ1v) is 6.02. The summed E-state index contributed by atoms with van der Waals surface area (Å²) in [6, 6.07) is -0.0340. The van der Waals surface area contributed by atoms with Crippen molar-refractivity contribution in [2.45, 2.75) is 26.8 Å². The van der Waals surface area contributed by atoms with Crippen LogP contribution in [0.2, 0.25) is 0 Å². The molecule has 0 aromatic carbocycles. The average molecular weight is 283 g/mol. The third-order valence-electron chi connectivity index (χ3n) is 2.40. The molecule has 1 unspecified atom stereocenters. The Morgan fingerprint density at radius 2 is 2.10 bits per heavy atom. The number of aryl methyl sites for hydroxylation is 1. The van der Waals surface area contributed by atoms with Crippen LogP contribution < -0.4 is 10.6 Å². The van der Waals surface area contributed by atoms with Gasteiger partial charge >= 0.3 is 18.0 Å². The summed E-state index contributed by atoms with van der Waals surface area (Å²) < 4.78 is 4.74. The van der Waals surface area contributed by atoms with E-state index in [2.05, 4.69) is 15.6 Å². The minimum absolute atomic E-state index is 0.124. The van der Waals surface area contributed by atoms with Crippen molar-refractivity contribution in [1.82, 2.24) is 10.3 Å². The number of rotatable bonds is 5. The van der Waals surface area contributed by atoms with Gasteiger partial charge in [0.2, 0.25) is 0 Å². The first-order chi connectivity index (χ1) is 9.35. The van der Waals surface area contributed by atoms with Gasteiger partial charge in [0.25, 0.3) is 0 Å². The van der Waals surface area contributed by atoms with Crippen LogP contribution in [0, 0.1) is 6.92 Å². The third kappa shape index (κ3) is 4.01. The summed E-state index contributed by atoms with van der Waals surface area (Å²) in [6.07, 6.45) is 0. The van der Waals surface area contributed by atoms with Crippen LogP contribution in [-0.2, 0) is 9.53 Å². The Hall–Kier alpha value is -2.51. The van der Waals surface area contributed by atoms with E-state index >= 15 is 0 Å². The first-order valence-electron chi connectivity index (χ1n) is 6.02. The molecule has 20 heavy (non-hydrogen) atoms. The van der Waals surface area contributed by atoms with E-state index in [9.17, 15) is 14.4 Å². The van der Waals surface area contributed by atoms with E-state index in [4.69, 9.17) is 9.84 Å². The molecule has 2 amide bonds. The molecule has 0 saturated carbocycles. The predicted octanol–water partition coefficient (Wildman–Crippen LogP) is 1.09. The van der Waals surface area contributed by atoms with Gasteiger partial charge in [0.15, 0.2) is 0 Å². The molecule has 1 heterocycles. The van der Waals surface area contributed by atoms with Crippen molar-refractivity contribution in [1.29, 1.82) is 0 Å². The Bertz CT molecular complexity index is 523. The maximum absolute atomic E-state index is 11.7. The Labute approximate surface area is 115 Å². The number of carboxylic acid groups (broad SMARTS) is 1. The summed E-state index contributed by atoms with van der Waals surface area (Å²) in [4.78, 5) is 36.6. The van der Waals surface area contributed by atoms with Gasteiger partial charge in [0.05, 0.1) is 12.3 Å². The summed E-state index contributed by atoms with van der Waals surface area (Å²) >= 11 is 0. The number of nitrogens with one attached hydrogen (secondary N) is 3. The van der Waals surface area contributed by atoms with Crippen molar-refractivity contribution in [2.24, 2.45) is 0 Å². The summed E-state index contributed by atoms with van der Waals surface area (Å²) in [5.41, 5.74) is 0.598. The highest BCUT2D eigenvalue weighted by atomic mass is 16.5. The molecule has 8 nitrogen and oxygen atoms in total. The lowest BCUT2D eigenvalue weighted by atomic mass is 10.3. The molecular formula is C12H17N3O5. The molecule has 0 fully saturated rings. The zero-order valence-corrected chi connectivity index (χ0v) is 11.4. The molecule has 110 valence electrons. The molecular weight excluding hydrogens is 266 g/mol. The number of esters is 1. The number of aromatic nitrogens is 1. The minimum Gasteiger partial charge on any atom is -0.477 e. The van der Waals surface area contributed by atoms with Crippen LogP contribution in [0.3, 0.4) is 0 Å². The summed E-state index contributed by atoms with van der Waals surface area (Å²) in [5, 5.41) is 13.7. The number of hydrogen-bond acceptors (Lipinski definition) is 4. The van der Waals surface area contributed by atoms with Gasteiger partial charge < -0.3 is 25.5 Å². The number of H-pyrrole nitrogens is 1. The number of anilines is 1. The van der Waals surface area contributed by atoms with Crippen molar-refractivity contribution in [3.8, 4) is 0 Å². The quantitative estimate of drug-likeness (QED) is 0.603. The molecule has 0 spiro atoms. The van der Waals surface area contributed by atoms with Gasteiger partial charge in [-0.3, -0.25) is 0 Å². The predicted molar refractivity (Wildman–Crippen MR) is 70.7 cm³/mol. The SMILES string of the molecule is CCOC(=O)C(C)NC(=O)Nc1cc(C)[nH]c1C(=O)O. The third-order valence-corrected chi connectivity index (χ3v) is 2.40. The normalized spacial score (nSPS) is 11.6. The molecule has 8 heteroatoms. The van der Waals surface area contributed by atoms with Gasteiger partial charge in [0, 0.05) is 5.69 Å². The zero-order chi connectivity index (χ0) is 15.3. The maximum Gasteiger partial charge on any atom is 0.354 e. The largest absolute Gasteiger partial charge is 0.477 e. The number of amides is 2. The summed E-state index contributed by atoms with van der Waals surface area (Å²) in [7, 11) is 0. The molecule has 0 aliphatic carbocycles. The van der Waals surface area contributed by atoms with Gasteiger partial charge in [-0.15, -0.1) is 0 Å². The minimum atomic E-state index is -1.19. The highest BCUT2D eigenvalue weighted by Gasteiger charge is 2.19. The van der Waals surface area contributed by atoms with Crippen molar-refractivity contribution in [3.63, 3.8) is 0 Å². The van der Waals surface area contributed by atoms with Gasteiger partial charge in [-0.2, -0.15) is 0 Å². The van der Waals surface area contributed by atoms with Crippen molar-refractivity contribution >= 4 is 23.7 Å². The Balaban J connectivity index is 2.67. The van der Waals surface area contributed by atoms with Crippen LogP contribution in [0.25, 0.3) is 0 Å². The fourth-order valence-corrected chi connectivity index (χ4v) is 1.54. The number of carbonyl (C=O) groups is 3. The van der Waals surface area contributed by atoms with Gasteiger partial charge in [-0.1, -0.05) is 0 Å². The Morgan fingerprint density at radius 1 is 1.45 bits per heavy atom. The second-order valence-electron chi connectivity index (χ2n) is 4.12. The smallest absolute Gasteiger partial charge is 0.354 e. The molecule has 1 aromatic heterocycles. The topological polar surface area (TPSA) is 121 Å². The molecule has 0 saturated heterocycles. The van der Waals surface area contributed by atoms with Gasteiger partial charge in [0.1, 0.15) is 11.7 Å². The van der Waals surface area contributed by atoms with Crippen molar-refractivity contribution in [2.75, 3.05) is 11.9 Å². The number of hydrogen-bond donors (Lipinski definition) is 4. The Morgan fingerprint density at radius 3 is 2.65 bits per heavy atom. The van der Waals surface area contributed by atoms with Crippen LogP contribution in [0.1, 0.15) is 30.0 Å².